The van der Waals surface area contributed by atoms with Crippen molar-refractivity contribution in [1.29, 1.82) is 0 Å². The van der Waals surface area contributed by atoms with Crippen molar-refractivity contribution in [2.45, 2.75) is 44.0 Å². The summed E-state index contributed by atoms with van der Waals surface area (Å²) in [5.41, 5.74) is 0. The van der Waals surface area contributed by atoms with Gasteiger partial charge in [0.25, 0.3) is 0 Å². The molecule has 1 unspecified atom stereocenters. The van der Waals surface area contributed by atoms with E-state index < -0.39 is 41.2 Å². The molecule has 1 N–H and O–H groups in total. The Balaban J connectivity index is 0.000000609. The van der Waals surface area contributed by atoms with E-state index >= 15 is 0 Å². The SMILES string of the molecule is CCCC[NH+]1C=CN(C)C1.O=S(=O)([O-])OCC(F)(F)C(F)(F)C(F)(F)C(F)F. The molecule has 6 nitrogen and oxygen atoms in total. The van der Waals surface area contributed by atoms with E-state index in [1.807, 2.05) is 0 Å². The van der Waals surface area contributed by atoms with Gasteiger partial charge in [-0.25, -0.2) is 17.2 Å². The molecule has 1 aliphatic rings. The Kier molecular flexibility index (Phi) is 9.60. The number of hydrogen-bond acceptors (Lipinski definition) is 5. The third kappa shape index (κ3) is 7.67. The summed E-state index contributed by atoms with van der Waals surface area (Å²) in [6.07, 6.45) is 1.91. The van der Waals surface area contributed by atoms with E-state index in [1.165, 1.54) is 19.4 Å². The molecule has 0 aliphatic carbocycles. The molecule has 1 atom stereocenters. The van der Waals surface area contributed by atoms with Gasteiger partial charge in [0.1, 0.15) is 12.8 Å². The maximum atomic E-state index is 12.5. The van der Waals surface area contributed by atoms with E-state index in [1.54, 1.807) is 4.90 Å². The second kappa shape index (κ2) is 10.0. The lowest BCUT2D eigenvalue weighted by atomic mass is 10.1. The molecule has 0 fully saturated rings. The minimum Gasteiger partial charge on any atom is -0.726 e. The molecule has 1 rings (SSSR count). The standard InChI is InChI=1S/C8H16N2.C5H4F8O4S/c1-3-4-5-10-7-6-9(2)8-10;6-2(7)4(10,11)5(12,13)3(8,9)1-17-18(14,15)16/h6-7H,3-5,8H2,1-2H3;2H,1H2,(H,14,15,16). The average molecular weight is 452 g/mol. The summed E-state index contributed by atoms with van der Waals surface area (Å²) in [6, 6.07) is 0. The van der Waals surface area contributed by atoms with Crippen molar-refractivity contribution >= 4 is 10.4 Å². The number of nitrogens with zero attached hydrogens (tertiary/aromatic N) is 1. The smallest absolute Gasteiger partial charge is 0.380 e. The first-order valence-corrected chi connectivity index (χ1v) is 9.06. The van der Waals surface area contributed by atoms with E-state index in [0.29, 0.717) is 0 Å². The summed E-state index contributed by atoms with van der Waals surface area (Å²) >= 11 is 0. The molecule has 0 aromatic carbocycles. The Bertz CT molecular complexity index is 616. The van der Waals surface area contributed by atoms with Gasteiger partial charge in [0.15, 0.2) is 6.67 Å². The number of unbranched alkanes of at least 4 members (excludes halogenated alkanes) is 1. The molecule has 0 radical (unpaired) electrons. The molecule has 1 heterocycles. The zero-order valence-corrected chi connectivity index (χ0v) is 15.6. The quantitative estimate of drug-likeness (QED) is 0.328. The Morgan fingerprint density at radius 3 is 2.11 bits per heavy atom. The Hall–Kier alpha value is -1.19. The van der Waals surface area contributed by atoms with Crippen molar-refractivity contribution in [2.75, 3.05) is 26.9 Å². The van der Waals surface area contributed by atoms with Crippen LogP contribution >= 0.6 is 0 Å². The highest BCUT2D eigenvalue weighted by molar-refractivity contribution is 7.80. The Morgan fingerprint density at radius 1 is 1.21 bits per heavy atom. The summed E-state index contributed by atoms with van der Waals surface area (Å²) in [5, 5.41) is 0. The molecule has 0 aromatic rings. The molecule has 0 spiro atoms. The number of alkyl halides is 8. The predicted octanol–water partition coefficient (Wildman–Crippen LogP) is 1.68. The van der Waals surface area contributed by atoms with Crippen LogP contribution in [-0.2, 0) is 14.6 Å². The molecule has 168 valence electrons. The van der Waals surface area contributed by atoms with Crippen molar-refractivity contribution < 1.29 is 57.2 Å². The summed E-state index contributed by atoms with van der Waals surface area (Å²) < 4.78 is 129. The number of rotatable bonds is 9. The number of halogens is 8. The van der Waals surface area contributed by atoms with Crippen LogP contribution in [0.5, 0.6) is 0 Å². The van der Waals surface area contributed by atoms with Crippen molar-refractivity contribution in [3.8, 4) is 0 Å². The van der Waals surface area contributed by atoms with Gasteiger partial charge in [-0.05, 0) is 6.42 Å². The third-order valence-electron chi connectivity index (χ3n) is 3.41. The van der Waals surface area contributed by atoms with E-state index in [4.69, 9.17) is 0 Å². The zero-order valence-electron chi connectivity index (χ0n) is 14.8. The molecule has 0 saturated carbocycles. The number of nitrogens with one attached hydrogen (secondary N) is 1. The molecule has 1 aliphatic heterocycles. The summed E-state index contributed by atoms with van der Waals surface area (Å²) in [5.74, 6) is -19.0. The minimum atomic E-state index is -6.61. The second-order valence-electron chi connectivity index (χ2n) is 5.87. The molecular formula is C13H20F8N2O4S. The van der Waals surface area contributed by atoms with Crippen LogP contribution in [-0.4, -0.2) is 68.9 Å². The zero-order chi connectivity index (χ0) is 22.4. The highest BCUT2D eigenvalue weighted by Gasteiger charge is 2.75. The van der Waals surface area contributed by atoms with Crippen molar-refractivity contribution in [1.82, 2.24) is 4.90 Å². The first-order valence-electron chi connectivity index (χ1n) is 7.73. The van der Waals surface area contributed by atoms with E-state index in [9.17, 15) is 48.1 Å². The Morgan fingerprint density at radius 2 is 1.75 bits per heavy atom. The van der Waals surface area contributed by atoms with Gasteiger partial charge < -0.3 is 9.45 Å². The molecule has 28 heavy (non-hydrogen) atoms. The van der Waals surface area contributed by atoms with Crippen LogP contribution in [0.15, 0.2) is 12.4 Å². The number of quaternary nitrogens is 1. The van der Waals surface area contributed by atoms with Gasteiger partial charge in [0.2, 0.25) is 10.4 Å². The van der Waals surface area contributed by atoms with Crippen LogP contribution in [0.3, 0.4) is 0 Å². The third-order valence-corrected chi connectivity index (χ3v) is 3.81. The lowest BCUT2D eigenvalue weighted by Crippen LogP contribution is -3.07. The fraction of sp³-hybridized carbons (Fsp3) is 0.846. The minimum absolute atomic E-state index is 1.15. The van der Waals surface area contributed by atoms with Gasteiger partial charge in [-0.3, -0.25) is 9.08 Å². The van der Waals surface area contributed by atoms with Crippen LogP contribution in [0.25, 0.3) is 0 Å². The van der Waals surface area contributed by atoms with Crippen molar-refractivity contribution in [2.24, 2.45) is 0 Å². The molecule has 0 bridgehead atoms. The van der Waals surface area contributed by atoms with Crippen LogP contribution < -0.4 is 4.90 Å². The van der Waals surface area contributed by atoms with Gasteiger partial charge in [-0.15, -0.1) is 0 Å². The van der Waals surface area contributed by atoms with Gasteiger partial charge >= 0.3 is 24.2 Å². The van der Waals surface area contributed by atoms with E-state index in [-0.39, 0.29) is 0 Å². The topological polar surface area (TPSA) is 74.1 Å². The van der Waals surface area contributed by atoms with Crippen LogP contribution in [0, 0.1) is 0 Å². The van der Waals surface area contributed by atoms with Gasteiger partial charge in [-0.2, -0.15) is 26.3 Å². The molecule has 15 heteroatoms. The molecular weight excluding hydrogens is 432 g/mol. The highest BCUT2D eigenvalue weighted by atomic mass is 32.3. The molecule has 0 saturated heterocycles. The Labute approximate surface area is 156 Å². The first-order chi connectivity index (χ1) is 12.5. The van der Waals surface area contributed by atoms with Crippen LogP contribution in [0.4, 0.5) is 35.1 Å². The van der Waals surface area contributed by atoms with Crippen LogP contribution in [0.2, 0.25) is 0 Å². The summed E-state index contributed by atoms with van der Waals surface area (Å²) in [4.78, 5) is 3.81. The van der Waals surface area contributed by atoms with Gasteiger partial charge in [-0.1, -0.05) is 13.3 Å². The lowest BCUT2D eigenvalue weighted by molar-refractivity contribution is -0.848. The monoisotopic (exact) mass is 452 g/mol. The first kappa shape index (κ1) is 26.8. The van der Waals surface area contributed by atoms with Gasteiger partial charge in [0, 0.05) is 7.05 Å². The normalized spacial score (nSPS) is 18.4. The fourth-order valence-corrected chi connectivity index (χ4v) is 2.13. The van der Waals surface area contributed by atoms with E-state index in [0.717, 1.165) is 6.67 Å². The van der Waals surface area contributed by atoms with Crippen molar-refractivity contribution in [3.05, 3.63) is 12.4 Å². The molecule has 0 aromatic heterocycles. The number of hydrogen-bond donors (Lipinski definition) is 1. The fourth-order valence-electron chi connectivity index (χ4n) is 1.84. The summed E-state index contributed by atoms with van der Waals surface area (Å²) in [7, 11) is -3.76. The second-order valence-corrected chi connectivity index (χ2v) is 6.92. The van der Waals surface area contributed by atoms with Crippen LogP contribution in [0.1, 0.15) is 19.8 Å². The maximum absolute atomic E-state index is 12.5. The van der Waals surface area contributed by atoms with E-state index in [2.05, 4.69) is 35.5 Å². The lowest BCUT2D eigenvalue weighted by Gasteiger charge is -2.31. The highest BCUT2D eigenvalue weighted by Crippen LogP contribution is 2.48. The largest absolute Gasteiger partial charge is 0.726 e. The predicted molar refractivity (Wildman–Crippen MR) is 79.0 cm³/mol. The van der Waals surface area contributed by atoms with Crippen molar-refractivity contribution in [3.63, 3.8) is 0 Å². The summed E-state index contributed by atoms with van der Waals surface area (Å²) in [6.45, 7) is 1.69. The van der Waals surface area contributed by atoms with Gasteiger partial charge in [0.05, 0.1) is 12.7 Å². The average Bonchev–Trinajstić information content (AvgIpc) is 2.96. The maximum Gasteiger partial charge on any atom is 0.380 e. The molecule has 0 amide bonds.